The molecular formula is C17H28N2O. The Morgan fingerprint density at radius 2 is 1.70 bits per heavy atom. The zero-order valence-corrected chi connectivity index (χ0v) is 13.5. The molecule has 0 aliphatic carbocycles. The maximum Gasteiger partial charge on any atom is 0.163 e. The molecule has 0 saturated heterocycles. The number of rotatable bonds is 8. The number of carbonyl (C=O) groups excluding carboxylic acids is 1. The van der Waals surface area contributed by atoms with Crippen LogP contribution in [0.2, 0.25) is 0 Å². The molecule has 20 heavy (non-hydrogen) atoms. The highest BCUT2D eigenvalue weighted by Gasteiger charge is 2.15. The highest BCUT2D eigenvalue weighted by atomic mass is 16.1. The van der Waals surface area contributed by atoms with E-state index in [0.29, 0.717) is 11.8 Å². The third kappa shape index (κ3) is 5.32. The summed E-state index contributed by atoms with van der Waals surface area (Å²) in [5, 5.41) is 0. The Morgan fingerprint density at radius 1 is 1.15 bits per heavy atom. The van der Waals surface area contributed by atoms with Gasteiger partial charge in [-0.2, -0.15) is 0 Å². The Balaban J connectivity index is 2.93. The van der Waals surface area contributed by atoms with Crippen LogP contribution in [0.5, 0.6) is 0 Å². The second-order valence-electron chi connectivity index (χ2n) is 6.28. The lowest BCUT2D eigenvalue weighted by Gasteiger charge is -2.27. The summed E-state index contributed by atoms with van der Waals surface area (Å²) in [6, 6.07) is 3.71. The van der Waals surface area contributed by atoms with E-state index in [1.54, 1.807) is 13.1 Å². The summed E-state index contributed by atoms with van der Waals surface area (Å²) >= 11 is 0. The van der Waals surface area contributed by atoms with Crippen molar-refractivity contribution in [2.45, 2.75) is 47.5 Å². The summed E-state index contributed by atoms with van der Waals surface area (Å²) in [6.07, 6.45) is 4.01. The molecule has 3 nitrogen and oxygen atoms in total. The van der Waals surface area contributed by atoms with Crippen molar-refractivity contribution in [1.82, 2.24) is 4.98 Å². The van der Waals surface area contributed by atoms with E-state index in [9.17, 15) is 4.79 Å². The molecule has 0 aliphatic rings. The topological polar surface area (TPSA) is 33.2 Å². The summed E-state index contributed by atoms with van der Waals surface area (Å²) < 4.78 is 0. The van der Waals surface area contributed by atoms with Gasteiger partial charge in [-0.1, -0.05) is 27.7 Å². The van der Waals surface area contributed by atoms with Gasteiger partial charge < -0.3 is 4.90 Å². The lowest BCUT2D eigenvalue weighted by molar-refractivity contribution is 0.101. The molecule has 0 saturated carbocycles. The van der Waals surface area contributed by atoms with Crippen molar-refractivity contribution in [3.8, 4) is 0 Å². The van der Waals surface area contributed by atoms with Crippen LogP contribution >= 0.6 is 0 Å². The molecule has 3 heteroatoms. The average Bonchev–Trinajstić information content (AvgIpc) is 2.38. The minimum absolute atomic E-state index is 0.0900. The van der Waals surface area contributed by atoms with E-state index >= 15 is 0 Å². The van der Waals surface area contributed by atoms with Crippen LogP contribution in [0.25, 0.3) is 0 Å². The first-order valence-corrected chi connectivity index (χ1v) is 7.62. The molecule has 0 spiro atoms. The monoisotopic (exact) mass is 276 g/mol. The molecule has 0 unspecified atom stereocenters. The maximum absolute atomic E-state index is 11.8. The normalized spacial score (nSPS) is 11.2. The summed E-state index contributed by atoms with van der Waals surface area (Å²) in [7, 11) is 0. The van der Waals surface area contributed by atoms with Crippen LogP contribution in [0.1, 0.15) is 57.8 Å². The van der Waals surface area contributed by atoms with Crippen LogP contribution in [0.4, 0.5) is 5.82 Å². The molecule has 1 rings (SSSR count). The van der Waals surface area contributed by atoms with Gasteiger partial charge in [-0.25, -0.2) is 4.98 Å². The number of hydrogen-bond acceptors (Lipinski definition) is 3. The fourth-order valence-electron chi connectivity index (χ4n) is 2.08. The third-order valence-electron chi connectivity index (χ3n) is 3.42. The molecule has 0 fully saturated rings. The minimum Gasteiger partial charge on any atom is -0.356 e. The molecule has 1 aromatic rings. The zero-order valence-electron chi connectivity index (χ0n) is 13.5. The van der Waals surface area contributed by atoms with E-state index in [-0.39, 0.29) is 5.78 Å². The molecule has 0 N–H and O–H groups in total. The van der Waals surface area contributed by atoms with Gasteiger partial charge in [0.2, 0.25) is 0 Å². The van der Waals surface area contributed by atoms with Gasteiger partial charge in [0.15, 0.2) is 5.78 Å². The largest absolute Gasteiger partial charge is 0.356 e. The third-order valence-corrected chi connectivity index (χ3v) is 3.42. The Bertz CT molecular complexity index is 415. The Labute approximate surface area is 123 Å². The number of anilines is 1. The second-order valence-corrected chi connectivity index (χ2v) is 6.28. The summed E-state index contributed by atoms with van der Waals surface area (Å²) in [5.41, 5.74) is 0.736. The van der Waals surface area contributed by atoms with Gasteiger partial charge in [-0.15, -0.1) is 0 Å². The molecule has 0 aliphatic heterocycles. The predicted molar refractivity (Wildman–Crippen MR) is 85.4 cm³/mol. The van der Waals surface area contributed by atoms with Crippen molar-refractivity contribution in [3.63, 3.8) is 0 Å². The van der Waals surface area contributed by atoms with Gasteiger partial charge in [0.05, 0.1) is 5.56 Å². The zero-order chi connectivity index (χ0) is 15.1. The van der Waals surface area contributed by atoms with Crippen molar-refractivity contribution < 1.29 is 4.79 Å². The van der Waals surface area contributed by atoms with E-state index < -0.39 is 0 Å². The molecule has 1 aromatic heterocycles. The summed E-state index contributed by atoms with van der Waals surface area (Å²) in [4.78, 5) is 18.5. The molecule has 112 valence electrons. The Morgan fingerprint density at radius 3 is 2.15 bits per heavy atom. The maximum atomic E-state index is 11.8. The van der Waals surface area contributed by atoms with Crippen LogP contribution in [0.3, 0.4) is 0 Å². The number of carbonyl (C=O) groups is 1. The number of aromatic nitrogens is 1. The first-order chi connectivity index (χ1) is 9.41. The van der Waals surface area contributed by atoms with Crippen LogP contribution in [-0.4, -0.2) is 23.9 Å². The number of nitrogens with zero attached hydrogens (tertiary/aromatic N) is 2. The second kappa shape index (κ2) is 8.03. The van der Waals surface area contributed by atoms with Crippen molar-refractivity contribution in [1.29, 1.82) is 0 Å². The first-order valence-electron chi connectivity index (χ1n) is 7.62. The van der Waals surface area contributed by atoms with E-state index in [4.69, 9.17) is 0 Å². The predicted octanol–water partition coefficient (Wildman–Crippen LogP) is 4.18. The van der Waals surface area contributed by atoms with Crippen LogP contribution in [-0.2, 0) is 0 Å². The van der Waals surface area contributed by atoms with Crippen LogP contribution < -0.4 is 4.90 Å². The number of Topliss-reactive ketones (excluding diaryl/α,β-unsaturated/α-hetero) is 1. The van der Waals surface area contributed by atoms with Gasteiger partial charge in [0.1, 0.15) is 5.82 Å². The van der Waals surface area contributed by atoms with Crippen molar-refractivity contribution in [3.05, 3.63) is 23.9 Å². The molecule has 0 aromatic carbocycles. The lowest BCUT2D eigenvalue weighted by atomic mass is 10.1. The van der Waals surface area contributed by atoms with Gasteiger partial charge in [0, 0.05) is 19.3 Å². The molecule has 1 heterocycles. The van der Waals surface area contributed by atoms with Crippen molar-refractivity contribution >= 4 is 11.6 Å². The van der Waals surface area contributed by atoms with E-state index in [1.165, 1.54) is 0 Å². The summed E-state index contributed by atoms with van der Waals surface area (Å²) in [5.74, 6) is 2.25. The SMILES string of the molecule is CC(=O)c1cccnc1N(CCC(C)C)CCC(C)C. The van der Waals surface area contributed by atoms with Gasteiger partial charge in [0.25, 0.3) is 0 Å². The van der Waals surface area contributed by atoms with E-state index in [2.05, 4.69) is 37.6 Å². The fourth-order valence-corrected chi connectivity index (χ4v) is 2.08. The van der Waals surface area contributed by atoms with Gasteiger partial charge >= 0.3 is 0 Å². The standard InChI is InChI=1S/C17H28N2O/c1-13(2)8-11-19(12-9-14(3)4)17-16(15(5)20)7-6-10-18-17/h6-7,10,13-14H,8-9,11-12H2,1-5H3. The number of ketones is 1. The van der Waals surface area contributed by atoms with Gasteiger partial charge in [-0.3, -0.25) is 4.79 Å². The number of pyridine rings is 1. The van der Waals surface area contributed by atoms with Crippen LogP contribution in [0, 0.1) is 11.8 Å². The Kier molecular flexibility index (Phi) is 6.69. The highest BCUT2D eigenvalue weighted by molar-refractivity contribution is 5.98. The molecule has 0 amide bonds. The van der Waals surface area contributed by atoms with Crippen molar-refractivity contribution in [2.24, 2.45) is 11.8 Å². The summed E-state index contributed by atoms with van der Waals surface area (Å²) in [6.45, 7) is 12.4. The quantitative estimate of drug-likeness (QED) is 0.668. The highest BCUT2D eigenvalue weighted by Crippen LogP contribution is 2.20. The fraction of sp³-hybridized carbons (Fsp3) is 0.647. The van der Waals surface area contributed by atoms with Crippen molar-refractivity contribution in [2.75, 3.05) is 18.0 Å². The minimum atomic E-state index is 0.0900. The lowest BCUT2D eigenvalue weighted by Crippen LogP contribution is -2.29. The molecular weight excluding hydrogens is 248 g/mol. The molecule has 0 atom stereocenters. The molecule has 0 bridgehead atoms. The van der Waals surface area contributed by atoms with E-state index in [0.717, 1.165) is 37.3 Å². The van der Waals surface area contributed by atoms with Gasteiger partial charge in [-0.05, 0) is 43.7 Å². The van der Waals surface area contributed by atoms with Crippen LogP contribution in [0.15, 0.2) is 18.3 Å². The average molecular weight is 276 g/mol. The first kappa shape index (κ1) is 16.7. The number of hydrogen-bond donors (Lipinski definition) is 0. The Hall–Kier alpha value is -1.38. The smallest absolute Gasteiger partial charge is 0.163 e. The van der Waals surface area contributed by atoms with E-state index in [1.807, 2.05) is 12.1 Å². The molecule has 0 radical (unpaired) electrons.